The van der Waals surface area contributed by atoms with Gasteiger partial charge in [0.2, 0.25) is 0 Å². The molecule has 0 aromatic rings. The number of carbonyl (C=O) groups excluding carboxylic acids is 1. The molecule has 6 nitrogen and oxygen atoms in total. The van der Waals surface area contributed by atoms with Crippen molar-refractivity contribution < 1.29 is 28.5 Å². The highest BCUT2D eigenvalue weighted by atomic mass is 16.6. The van der Waals surface area contributed by atoms with E-state index in [0.29, 0.717) is 39.6 Å². The first kappa shape index (κ1) is 16.3. The summed E-state index contributed by atoms with van der Waals surface area (Å²) >= 11 is 0. The van der Waals surface area contributed by atoms with Gasteiger partial charge in [0.25, 0.3) is 0 Å². The van der Waals surface area contributed by atoms with Crippen LogP contribution in [0, 0.1) is 0 Å². The quantitative estimate of drug-likeness (QED) is 0.365. The second kappa shape index (κ2) is 13.4. The van der Waals surface area contributed by atoms with Gasteiger partial charge < -0.3 is 23.7 Å². The molecule has 0 saturated carbocycles. The molecule has 0 aliphatic heterocycles. The standard InChI is InChI=1S/C11H22O6/c1-3-14-4-5-15-6-7-16-8-9-17-11(12)10-13-2/h3-10H2,1-2H3. The van der Waals surface area contributed by atoms with E-state index >= 15 is 0 Å². The van der Waals surface area contributed by atoms with Crippen molar-refractivity contribution in [2.45, 2.75) is 6.92 Å². The van der Waals surface area contributed by atoms with Crippen LogP contribution < -0.4 is 0 Å². The molecule has 0 N–H and O–H groups in total. The van der Waals surface area contributed by atoms with Gasteiger partial charge in [0.1, 0.15) is 13.2 Å². The van der Waals surface area contributed by atoms with E-state index in [1.165, 1.54) is 7.11 Å². The van der Waals surface area contributed by atoms with Crippen LogP contribution in [0.4, 0.5) is 0 Å². The van der Waals surface area contributed by atoms with E-state index in [4.69, 9.17) is 18.9 Å². The SMILES string of the molecule is CCOCCOCCOCCOC(=O)COC. The molecule has 0 amide bonds. The van der Waals surface area contributed by atoms with Crippen LogP contribution in [0.3, 0.4) is 0 Å². The second-order valence-corrected chi connectivity index (χ2v) is 3.08. The van der Waals surface area contributed by atoms with Crippen molar-refractivity contribution in [3.05, 3.63) is 0 Å². The van der Waals surface area contributed by atoms with Crippen LogP contribution in [0.5, 0.6) is 0 Å². The molecule has 17 heavy (non-hydrogen) atoms. The van der Waals surface area contributed by atoms with E-state index in [1.807, 2.05) is 6.92 Å². The Morgan fingerprint density at radius 1 is 0.882 bits per heavy atom. The molecule has 0 aliphatic carbocycles. The Morgan fingerprint density at radius 3 is 1.94 bits per heavy atom. The fourth-order valence-corrected chi connectivity index (χ4v) is 0.958. The molecule has 0 aliphatic rings. The number of ether oxygens (including phenoxy) is 5. The number of hydrogen-bond donors (Lipinski definition) is 0. The third-order valence-corrected chi connectivity index (χ3v) is 1.70. The maximum Gasteiger partial charge on any atom is 0.332 e. The summed E-state index contributed by atoms with van der Waals surface area (Å²) in [5.41, 5.74) is 0. The largest absolute Gasteiger partial charge is 0.462 e. The number of methoxy groups -OCH3 is 1. The number of esters is 1. The van der Waals surface area contributed by atoms with Crippen molar-refractivity contribution in [2.75, 3.05) is 60.0 Å². The average Bonchev–Trinajstić information content (AvgIpc) is 2.32. The summed E-state index contributed by atoms with van der Waals surface area (Å²) in [5, 5.41) is 0. The molecular weight excluding hydrogens is 228 g/mol. The second-order valence-electron chi connectivity index (χ2n) is 3.08. The van der Waals surface area contributed by atoms with E-state index in [0.717, 1.165) is 0 Å². The van der Waals surface area contributed by atoms with Crippen molar-refractivity contribution in [3.63, 3.8) is 0 Å². The number of rotatable bonds is 12. The molecule has 0 aromatic carbocycles. The van der Waals surface area contributed by atoms with Crippen LogP contribution in [0.25, 0.3) is 0 Å². The maximum absolute atomic E-state index is 10.8. The molecule has 0 rings (SSSR count). The lowest BCUT2D eigenvalue weighted by Gasteiger charge is -2.06. The summed E-state index contributed by atoms with van der Waals surface area (Å²) in [5.74, 6) is -0.385. The fourth-order valence-electron chi connectivity index (χ4n) is 0.958. The van der Waals surface area contributed by atoms with Crippen LogP contribution in [-0.2, 0) is 28.5 Å². The average molecular weight is 250 g/mol. The van der Waals surface area contributed by atoms with Gasteiger partial charge >= 0.3 is 5.97 Å². The van der Waals surface area contributed by atoms with Crippen molar-refractivity contribution >= 4 is 5.97 Å². The zero-order chi connectivity index (χ0) is 12.8. The molecular formula is C11H22O6. The molecule has 102 valence electrons. The zero-order valence-electron chi connectivity index (χ0n) is 10.6. The van der Waals surface area contributed by atoms with Gasteiger partial charge in [-0.1, -0.05) is 0 Å². The van der Waals surface area contributed by atoms with Gasteiger partial charge in [0.15, 0.2) is 0 Å². The Hall–Kier alpha value is -0.690. The van der Waals surface area contributed by atoms with Crippen molar-refractivity contribution in [2.24, 2.45) is 0 Å². The van der Waals surface area contributed by atoms with Gasteiger partial charge in [-0.15, -0.1) is 0 Å². The zero-order valence-corrected chi connectivity index (χ0v) is 10.6. The van der Waals surface area contributed by atoms with Crippen molar-refractivity contribution in [1.29, 1.82) is 0 Å². The highest BCUT2D eigenvalue weighted by molar-refractivity contribution is 5.70. The minimum absolute atomic E-state index is 0.0272. The summed E-state index contributed by atoms with van der Waals surface area (Å²) in [7, 11) is 1.44. The number of hydrogen-bond acceptors (Lipinski definition) is 6. The summed E-state index contributed by atoms with van der Waals surface area (Å²) in [6, 6.07) is 0. The highest BCUT2D eigenvalue weighted by Gasteiger charge is 2.00. The lowest BCUT2D eigenvalue weighted by atomic mass is 10.7. The van der Waals surface area contributed by atoms with Crippen LogP contribution in [0.15, 0.2) is 0 Å². The van der Waals surface area contributed by atoms with E-state index in [-0.39, 0.29) is 19.2 Å². The van der Waals surface area contributed by atoms with Gasteiger partial charge in [-0.25, -0.2) is 4.79 Å². The summed E-state index contributed by atoms with van der Waals surface area (Å²) < 4.78 is 24.9. The normalized spacial score (nSPS) is 10.5. The Labute approximate surface area is 102 Å². The smallest absolute Gasteiger partial charge is 0.332 e. The van der Waals surface area contributed by atoms with Gasteiger partial charge in [-0.2, -0.15) is 0 Å². The van der Waals surface area contributed by atoms with Crippen LogP contribution in [0.1, 0.15) is 6.92 Å². The predicted octanol–water partition coefficient (Wildman–Crippen LogP) is 0.246. The van der Waals surface area contributed by atoms with E-state index < -0.39 is 0 Å². The predicted molar refractivity (Wildman–Crippen MR) is 61.0 cm³/mol. The van der Waals surface area contributed by atoms with Gasteiger partial charge in [-0.05, 0) is 6.92 Å². The maximum atomic E-state index is 10.8. The van der Waals surface area contributed by atoms with Crippen molar-refractivity contribution in [3.8, 4) is 0 Å². The van der Waals surface area contributed by atoms with Gasteiger partial charge in [0.05, 0.1) is 33.0 Å². The molecule has 0 spiro atoms. The third-order valence-electron chi connectivity index (χ3n) is 1.70. The van der Waals surface area contributed by atoms with Crippen LogP contribution in [-0.4, -0.2) is 65.9 Å². The molecule has 0 saturated heterocycles. The fraction of sp³-hybridized carbons (Fsp3) is 0.909. The molecule has 0 radical (unpaired) electrons. The van der Waals surface area contributed by atoms with Gasteiger partial charge in [-0.3, -0.25) is 0 Å². The van der Waals surface area contributed by atoms with Gasteiger partial charge in [0, 0.05) is 13.7 Å². The van der Waals surface area contributed by atoms with Crippen LogP contribution >= 0.6 is 0 Å². The minimum atomic E-state index is -0.385. The topological polar surface area (TPSA) is 63.2 Å². The van der Waals surface area contributed by atoms with Crippen molar-refractivity contribution in [1.82, 2.24) is 0 Å². The Kier molecular flexibility index (Phi) is 12.8. The monoisotopic (exact) mass is 250 g/mol. The molecule has 0 atom stereocenters. The first-order valence-electron chi connectivity index (χ1n) is 5.69. The Bertz CT molecular complexity index is 173. The molecule has 0 aromatic heterocycles. The molecule has 0 unspecified atom stereocenters. The molecule has 0 heterocycles. The lowest BCUT2D eigenvalue weighted by Crippen LogP contribution is -2.16. The minimum Gasteiger partial charge on any atom is -0.462 e. The van der Waals surface area contributed by atoms with E-state index in [2.05, 4.69) is 4.74 Å². The number of carbonyl (C=O) groups is 1. The summed E-state index contributed by atoms with van der Waals surface area (Å²) in [6.45, 7) is 5.38. The van der Waals surface area contributed by atoms with E-state index in [9.17, 15) is 4.79 Å². The first-order valence-corrected chi connectivity index (χ1v) is 5.69. The third kappa shape index (κ3) is 13.2. The molecule has 0 fully saturated rings. The molecule has 0 bridgehead atoms. The Balaban J connectivity index is 3.01. The summed E-state index contributed by atoms with van der Waals surface area (Å²) in [6.07, 6.45) is 0. The molecule has 6 heteroatoms. The van der Waals surface area contributed by atoms with Crippen LogP contribution in [0.2, 0.25) is 0 Å². The summed E-state index contributed by atoms with van der Waals surface area (Å²) in [4.78, 5) is 10.8. The lowest BCUT2D eigenvalue weighted by molar-refractivity contribution is -0.149. The highest BCUT2D eigenvalue weighted by Crippen LogP contribution is 1.83. The Morgan fingerprint density at radius 2 is 1.41 bits per heavy atom. The first-order chi connectivity index (χ1) is 8.31. The van der Waals surface area contributed by atoms with E-state index in [1.54, 1.807) is 0 Å².